The number of piperidine rings is 1. The van der Waals surface area contributed by atoms with Crippen LogP contribution in [-0.2, 0) is 4.79 Å². The first-order chi connectivity index (χ1) is 12.2. The Labute approximate surface area is 147 Å². The number of carbonyl (C=O) groups excluding carboxylic acids is 1. The number of rotatable bonds is 6. The SMILES string of the molecule is O=CC(Nc1ccccc1N1CCCCC1)c1ccc(C(=O)O)cc1. The smallest absolute Gasteiger partial charge is 0.335 e. The average Bonchev–Trinajstić information content (AvgIpc) is 2.67. The van der Waals surface area contributed by atoms with E-state index in [1.807, 2.05) is 18.2 Å². The predicted octanol–water partition coefficient (Wildman–Crippen LogP) is 3.73. The van der Waals surface area contributed by atoms with Crippen molar-refractivity contribution in [1.82, 2.24) is 0 Å². The summed E-state index contributed by atoms with van der Waals surface area (Å²) in [6, 6.07) is 13.9. The highest BCUT2D eigenvalue weighted by Crippen LogP contribution is 2.30. The Kier molecular flexibility index (Phi) is 5.33. The van der Waals surface area contributed by atoms with Crippen LogP contribution in [0.3, 0.4) is 0 Å². The van der Waals surface area contributed by atoms with Crippen LogP contribution < -0.4 is 10.2 Å². The van der Waals surface area contributed by atoms with Crippen molar-refractivity contribution in [3.8, 4) is 0 Å². The standard InChI is InChI=1S/C20H22N2O3/c23-14-18(15-8-10-16(11-9-15)20(24)25)21-17-6-2-3-7-19(17)22-12-4-1-5-13-22/h2-3,6-11,14,18,21H,1,4-5,12-13H2,(H,24,25). The highest BCUT2D eigenvalue weighted by Gasteiger charge is 2.17. The molecule has 0 saturated carbocycles. The summed E-state index contributed by atoms with van der Waals surface area (Å²) in [5, 5.41) is 12.3. The summed E-state index contributed by atoms with van der Waals surface area (Å²) in [5.74, 6) is -0.974. The molecule has 0 radical (unpaired) electrons. The number of anilines is 2. The molecule has 1 fully saturated rings. The molecule has 0 spiro atoms. The Morgan fingerprint density at radius 2 is 1.72 bits per heavy atom. The van der Waals surface area contributed by atoms with Gasteiger partial charge in [-0.3, -0.25) is 0 Å². The number of carbonyl (C=O) groups is 2. The molecule has 2 aromatic rings. The van der Waals surface area contributed by atoms with Gasteiger partial charge in [0.1, 0.15) is 12.3 Å². The summed E-state index contributed by atoms with van der Waals surface area (Å²) in [7, 11) is 0. The topological polar surface area (TPSA) is 69.6 Å². The lowest BCUT2D eigenvalue weighted by molar-refractivity contribution is -0.108. The summed E-state index contributed by atoms with van der Waals surface area (Å²) >= 11 is 0. The van der Waals surface area contributed by atoms with E-state index in [0.29, 0.717) is 0 Å². The lowest BCUT2D eigenvalue weighted by atomic mass is 10.0. The number of nitrogens with one attached hydrogen (secondary N) is 1. The van der Waals surface area contributed by atoms with E-state index in [1.165, 1.54) is 31.4 Å². The second-order valence-electron chi connectivity index (χ2n) is 6.25. The minimum Gasteiger partial charge on any atom is -0.478 e. The number of hydrogen-bond acceptors (Lipinski definition) is 4. The molecule has 0 amide bonds. The van der Waals surface area contributed by atoms with E-state index in [2.05, 4.69) is 16.3 Å². The quantitative estimate of drug-likeness (QED) is 0.786. The summed E-state index contributed by atoms with van der Waals surface area (Å²) < 4.78 is 0. The number of carboxylic acid groups (broad SMARTS) is 1. The van der Waals surface area contributed by atoms with E-state index >= 15 is 0 Å². The monoisotopic (exact) mass is 338 g/mol. The molecule has 1 aliphatic heterocycles. The van der Waals surface area contributed by atoms with Crippen LogP contribution in [0.1, 0.15) is 41.2 Å². The van der Waals surface area contributed by atoms with E-state index in [0.717, 1.165) is 36.3 Å². The fraction of sp³-hybridized carbons (Fsp3) is 0.300. The van der Waals surface area contributed by atoms with Gasteiger partial charge in [-0.15, -0.1) is 0 Å². The maximum absolute atomic E-state index is 11.6. The van der Waals surface area contributed by atoms with E-state index in [4.69, 9.17) is 5.11 Å². The average molecular weight is 338 g/mol. The van der Waals surface area contributed by atoms with Gasteiger partial charge in [0.25, 0.3) is 0 Å². The molecule has 1 saturated heterocycles. The molecule has 1 atom stereocenters. The van der Waals surface area contributed by atoms with Crippen LogP contribution in [0, 0.1) is 0 Å². The molecule has 2 aromatic carbocycles. The molecule has 1 unspecified atom stereocenters. The van der Waals surface area contributed by atoms with Crippen molar-refractivity contribution >= 4 is 23.6 Å². The van der Waals surface area contributed by atoms with Crippen LogP contribution in [-0.4, -0.2) is 30.5 Å². The first kappa shape index (κ1) is 17.0. The Morgan fingerprint density at radius 3 is 2.36 bits per heavy atom. The van der Waals surface area contributed by atoms with Crippen molar-refractivity contribution in [2.75, 3.05) is 23.3 Å². The predicted molar refractivity (Wildman–Crippen MR) is 98.3 cm³/mol. The van der Waals surface area contributed by atoms with E-state index in [-0.39, 0.29) is 5.56 Å². The van der Waals surface area contributed by atoms with Gasteiger partial charge in [0.05, 0.1) is 16.9 Å². The molecule has 0 bridgehead atoms. The van der Waals surface area contributed by atoms with Crippen molar-refractivity contribution in [1.29, 1.82) is 0 Å². The lowest BCUT2D eigenvalue weighted by Gasteiger charge is -2.31. The Bertz CT molecular complexity index is 737. The van der Waals surface area contributed by atoms with Crippen molar-refractivity contribution < 1.29 is 14.7 Å². The molecule has 5 nitrogen and oxygen atoms in total. The summed E-state index contributed by atoms with van der Waals surface area (Å²) in [4.78, 5) is 24.9. The highest BCUT2D eigenvalue weighted by atomic mass is 16.4. The van der Waals surface area contributed by atoms with Crippen LogP contribution in [0.25, 0.3) is 0 Å². The van der Waals surface area contributed by atoms with Crippen LogP contribution in [0.4, 0.5) is 11.4 Å². The van der Waals surface area contributed by atoms with Gasteiger partial charge in [-0.2, -0.15) is 0 Å². The zero-order valence-corrected chi connectivity index (χ0v) is 14.0. The minimum absolute atomic E-state index is 0.210. The van der Waals surface area contributed by atoms with E-state index < -0.39 is 12.0 Å². The fourth-order valence-electron chi connectivity index (χ4n) is 3.20. The second-order valence-corrected chi connectivity index (χ2v) is 6.25. The normalized spacial score (nSPS) is 15.4. The van der Waals surface area contributed by atoms with Gasteiger partial charge in [0, 0.05) is 13.1 Å². The first-order valence-corrected chi connectivity index (χ1v) is 8.58. The summed E-state index contributed by atoms with van der Waals surface area (Å²) in [5.41, 5.74) is 2.98. The second kappa shape index (κ2) is 7.83. The van der Waals surface area contributed by atoms with Gasteiger partial charge < -0.3 is 20.1 Å². The maximum Gasteiger partial charge on any atom is 0.335 e. The van der Waals surface area contributed by atoms with Gasteiger partial charge in [0.15, 0.2) is 0 Å². The molecular weight excluding hydrogens is 316 g/mol. The van der Waals surface area contributed by atoms with Gasteiger partial charge in [-0.05, 0) is 49.1 Å². The number of para-hydroxylation sites is 2. The maximum atomic E-state index is 11.6. The first-order valence-electron chi connectivity index (χ1n) is 8.58. The number of nitrogens with zero attached hydrogens (tertiary/aromatic N) is 1. The number of carboxylic acids is 1. The fourth-order valence-corrected chi connectivity index (χ4v) is 3.20. The highest BCUT2D eigenvalue weighted by molar-refractivity contribution is 5.87. The van der Waals surface area contributed by atoms with Crippen molar-refractivity contribution in [2.24, 2.45) is 0 Å². The molecule has 2 N–H and O–H groups in total. The molecule has 0 aromatic heterocycles. The van der Waals surface area contributed by atoms with Crippen LogP contribution in [0.15, 0.2) is 48.5 Å². The van der Waals surface area contributed by atoms with E-state index in [9.17, 15) is 9.59 Å². The summed E-state index contributed by atoms with van der Waals surface area (Å²) in [6.45, 7) is 2.05. The number of benzene rings is 2. The van der Waals surface area contributed by atoms with Gasteiger partial charge in [-0.25, -0.2) is 4.79 Å². The molecule has 25 heavy (non-hydrogen) atoms. The minimum atomic E-state index is -0.974. The largest absolute Gasteiger partial charge is 0.478 e. The van der Waals surface area contributed by atoms with Crippen molar-refractivity contribution in [2.45, 2.75) is 25.3 Å². The summed E-state index contributed by atoms with van der Waals surface area (Å²) in [6.07, 6.45) is 4.48. The number of aromatic carboxylic acids is 1. The van der Waals surface area contributed by atoms with Crippen LogP contribution >= 0.6 is 0 Å². The van der Waals surface area contributed by atoms with Gasteiger partial charge in [0.2, 0.25) is 0 Å². The zero-order valence-electron chi connectivity index (χ0n) is 14.0. The third-order valence-electron chi connectivity index (χ3n) is 4.56. The third kappa shape index (κ3) is 3.99. The molecular formula is C20H22N2O3. The number of hydrogen-bond donors (Lipinski definition) is 2. The van der Waals surface area contributed by atoms with Crippen LogP contribution in [0.5, 0.6) is 0 Å². The number of aldehydes is 1. The lowest BCUT2D eigenvalue weighted by Crippen LogP contribution is -2.30. The van der Waals surface area contributed by atoms with Crippen molar-refractivity contribution in [3.05, 3.63) is 59.7 Å². The zero-order chi connectivity index (χ0) is 17.6. The Morgan fingerprint density at radius 1 is 1.04 bits per heavy atom. The Balaban J connectivity index is 1.82. The Hall–Kier alpha value is -2.82. The molecule has 130 valence electrons. The molecule has 0 aliphatic carbocycles. The molecule has 3 rings (SSSR count). The third-order valence-corrected chi connectivity index (χ3v) is 4.56. The van der Waals surface area contributed by atoms with Gasteiger partial charge >= 0.3 is 5.97 Å². The van der Waals surface area contributed by atoms with Gasteiger partial charge in [-0.1, -0.05) is 24.3 Å². The van der Waals surface area contributed by atoms with E-state index in [1.54, 1.807) is 12.1 Å². The molecule has 5 heteroatoms. The molecule has 1 aliphatic rings. The van der Waals surface area contributed by atoms with Crippen molar-refractivity contribution in [3.63, 3.8) is 0 Å². The molecule has 1 heterocycles. The van der Waals surface area contributed by atoms with Crippen LogP contribution in [0.2, 0.25) is 0 Å².